The first-order chi connectivity index (χ1) is 16.5. The van der Waals surface area contributed by atoms with E-state index in [2.05, 4.69) is 6.92 Å². The smallest absolute Gasteiger partial charge is 0.250 e. The van der Waals surface area contributed by atoms with Crippen molar-refractivity contribution in [1.82, 2.24) is 9.80 Å². The van der Waals surface area contributed by atoms with E-state index in [9.17, 15) is 9.59 Å². The van der Waals surface area contributed by atoms with Crippen LogP contribution in [0.3, 0.4) is 0 Å². The van der Waals surface area contributed by atoms with Gasteiger partial charge in [-0.1, -0.05) is 62.1 Å². The van der Waals surface area contributed by atoms with Gasteiger partial charge in [-0.05, 0) is 49.4 Å². The van der Waals surface area contributed by atoms with E-state index < -0.39 is 6.04 Å². The summed E-state index contributed by atoms with van der Waals surface area (Å²) in [6, 6.07) is 13.2. The molecule has 2 aliphatic rings. The zero-order valence-corrected chi connectivity index (χ0v) is 20.6. The second kappa shape index (κ2) is 10.9. The Bertz CT molecular complexity index is 998. The van der Waals surface area contributed by atoms with Gasteiger partial charge in [-0.3, -0.25) is 9.59 Å². The average Bonchev–Trinajstić information content (AvgIpc) is 2.86. The fourth-order valence-electron chi connectivity index (χ4n) is 5.03. The van der Waals surface area contributed by atoms with E-state index in [1.54, 1.807) is 12.0 Å². The van der Waals surface area contributed by atoms with Crippen molar-refractivity contribution in [3.63, 3.8) is 0 Å². The molecule has 1 heterocycles. The molecule has 0 spiro atoms. The zero-order valence-electron chi connectivity index (χ0n) is 20.6. The third-order valence-corrected chi connectivity index (χ3v) is 6.91. The first kappa shape index (κ1) is 24.1. The highest BCUT2D eigenvalue weighted by atomic mass is 16.5. The summed E-state index contributed by atoms with van der Waals surface area (Å²) < 4.78 is 11.4. The Morgan fingerprint density at radius 3 is 2.38 bits per heavy atom. The maximum atomic E-state index is 13.9. The van der Waals surface area contributed by atoms with Gasteiger partial charge in [-0.2, -0.15) is 0 Å². The molecule has 1 saturated heterocycles. The molecule has 2 amide bonds. The topological polar surface area (TPSA) is 59.1 Å². The molecule has 6 heteroatoms. The first-order valence-corrected chi connectivity index (χ1v) is 12.5. The van der Waals surface area contributed by atoms with Gasteiger partial charge in [-0.15, -0.1) is 0 Å². The third-order valence-electron chi connectivity index (χ3n) is 6.91. The first-order valence-electron chi connectivity index (χ1n) is 12.5. The van der Waals surface area contributed by atoms with Gasteiger partial charge in [0.2, 0.25) is 5.91 Å². The number of piperazine rings is 1. The van der Waals surface area contributed by atoms with E-state index in [-0.39, 0.29) is 24.4 Å². The Morgan fingerprint density at radius 1 is 0.971 bits per heavy atom. The molecule has 0 N–H and O–H groups in total. The maximum absolute atomic E-state index is 13.9. The molecule has 1 saturated carbocycles. The molecule has 6 nitrogen and oxygen atoms in total. The van der Waals surface area contributed by atoms with Gasteiger partial charge < -0.3 is 19.3 Å². The Hall–Kier alpha value is -3.02. The summed E-state index contributed by atoms with van der Waals surface area (Å²) in [5.74, 6) is 1.22. The summed E-state index contributed by atoms with van der Waals surface area (Å²) in [5, 5.41) is 0. The number of carbonyl (C=O) groups is 2. The second-order valence-electron chi connectivity index (χ2n) is 9.43. The molecule has 1 aliphatic heterocycles. The second-order valence-corrected chi connectivity index (χ2v) is 9.43. The van der Waals surface area contributed by atoms with Gasteiger partial charge >= 0.3 is 0 Å². The van der Waals surface area contributed by atoms with Crippen molar-refractivity contribution in [2.75, 3.05) is 20.3 Å². The van der Waals surface area contributed by atoms with Gasteiger partial charge in [-0.25, -0.2) is 0 Å². The highest BCUT2D eigenvalue weighted by Crippen LogP contribution is 2.37. The molecule has 182 valence electrons. The lowest BCUT2D eigenvalue weighted by molar-refractivity contribution is -0.160. The lowest BCUT2D eigenvalue weighted by atomic mass is 9.91. The summed E-state index contributed by atoms with van der Waals surface area (Å²) in [7, 11) is 1.60. The van der Waals surface area contributed by atoms with Crippen molar-refractivity contribution in [2.45, 2.75) is 71.0 Å². The van der Waals surface area contributed by atoms with Crippen LogP contribution >= 0.6 is 0 Å². The van der Waals surface area contributed by atoms with E-state index in [4.69, 9.17) is 9.47 Å². The SMILES string of the molecule is CCCOc1ccc([C@H]2C(=O)N(C3CCCCC3)CC(=O)N2Cc2ccc(C)cc2)cc1OC. The quantitative estimate of drug-likeness (QED) is 0.549. The Balaban J connectivity index is 1.69. The van der Waals surface area contributed by atoms with Crippen molar-refractivity contribution in [3.05, 3.63) is 59.2 Å². The highest BCUT2D eigenvalue weighted by Gasteiger charge is 2.43. The Morgan fingerprint density at radius 2 is 1.71 bits per heavy atom. The van der Waals surface area contributed by atoms with Crippen LogP contribution in [0.2, 0.25) is 0 Å². The van der Waals surface area contributed by atoms with E-state index in [0.717, 1.165) is 48.8 Å². The average molecular weight is 465 g/mol. The minimum atomic E-state index is -0.682. The molecule has 2 aromatic carbocycles. The number of ether oxygens (including phenoxy) is 2. The Labute approximate surface area is 202 Å². The summed E-state index contributed by atoms with van der Waals surface area (Å²) >= 11 is 0. The van der Waals surface area contributed by atoms with Gasteiger partial charge in [0, 0.05) is 12.6 Å². The molecule has 0 unspecified atom stereocenters. The lowest BCUT2D eigenvalue weighted by Crippen LogP contribution is -2.58. The largest absolute Gasteiger partial charge is 0.493 e. The van der Waals surface area contributed by atoms with E-state index >= 15 is 0 Å². The molecule has 34 heavy (non-hydrogen) atoms. The Kier molecular flexibility index (Phi) is 7.76. The van der Waals surface area contributed by atoms with Crippen molar-refractivity contribution in [1.29, 1.82) is 0 Å². The van der Waals surface area contributed by atoms with Crippen LogP contribution in [-0.2, 0) is 16.1 Å². The molecule has 0 radical (unpaired) electrons. The molecular formula is C28H36N2O4. The number of amides is 2. The van der Waals surface area contributed by atoms with Crippen molar-refractivity contribution >= 4 is 11.8 Å². The molecule has 1 atom stereocenters. The van der Waals surface area contributed by atoms with Crippen LogP contribution in [0.25, 0.3) is 0 Å². The number of methoxy groups -OCH3 is 1. The summed E-state index contributed by atoms with van der Waals surface area (Å²) in [5.41, 5.74) is 2.93. The van der Waals surface area contributed by atoms with Crippen LogP contribution in [0.1, 0.15) is 68.2 Å². The molecule has 1 aliphatic carbocycles. The fraction of sp³-hybridized carbons (Fsp3) is 0.500. The maximum Gasteiger partial charge on any atom is 0.250 e. The van der Waals surface area contributed by atoms with E-state index in [0.29, 0.717) is 24.7 Å². The summed E-state index contributed by atoms with van der Waals surface area (Å²) in [6.07, 6.45) is 6.25. The van der Waals surface area contributed by atoms with Gasteiger partial charge in [0.15, 0.2) is 11.5 Å². The standard InChI is InChI=1S/C28H36N2O4/c1-4-16-34-24-15-14-22(17-25(24)33-3)27-28(32)29(23-8-6-5-7-9-23)19-26(31)30(27)18-21-12-10-20(2)11-13-21/h10-15,17,23,27H,4-9,16,18-19H2,1-3H3/t27-/m0/s1. The minimum Gasteiger partial charge on any atom is -0.493 e. The third kappa shape index (κ3) is 5.21. The van der Waals surface area contributed by atoms with Crippen LogP contribution in [0, 0.1) is 6.92 Å². The van der Waals surface area contributed by atoms with Gasteiger partial charge in [0.05, 0.1) is 13.7 Å². The minimum absolute atomic E-state index is 0.00268. The summed E-state index contributed by atoms with van der Waals surface area (Å²) in [6.45, 7) is 5.23. The molecule has 0 bridgehead atoms. The number of hydrogen-bond acceptors (Lipinski definition) is 4. The van der Waals surface area contributed by atoms with Crippen molar-refractivity contribution < 1.29 is 19.1 Å². The molecule has 4 rings (SSSR count). The number of rotatable bonds is 8. The van der Waals surface area contributed by atoms with Crippen LogP contribution in [0.4, 0.5) is 0 Å². The summed E-state index contributed by atoms with van der Waals surface area (Å²) in [4.78, 5) is 31.0. The zero-order chi connectivity index (χ0) is 24.1. The van der Waals surface area contributed by atoms with Gasteiger partial charge in [0.1, 0.15) is 12.6 Å². The van der Waals surface area contributed by atoms with Crippen LogP contribution in [-0.4, -0.2) is 47.9 Å². The van der Waals surface area contributed by atoms with Gasteiger partial charge in [0.25, 0.3) is 5.91 Å². The molecule has 2 aromatic rings. The van der Waals surface area contributed by atoms with Crippen LogP contribution < -0.4 is 9.47 Å². The molecule has 0 aromatic heterocycles. The number of aryl methyl sites for hydroxylation is 1. The van der Waals surface area contributed by atoms with E-state index in [1.165, 1.54) is 6.42 Å². The molecular weight excluding hydrogens is 428 g/mol. The number of carbonyl (C=O) groups excluding carboxylic acids is 2. The predicted molar refractivity (Wildman–Crippen MR) is 132 cm³/mol. The van der Waals surface area contributed by atoms with E-state index in [1.807, 2.05) is 54.3 Å². The van der Waals surface area contributed by atoms with Crippen molar-refractivity contribution in [2.24, 2.45) is 0 Å². The molecule has 2 fully saturated rings. The number of nitrogens with zero attached hydrogens (tertiary/aromatic N) is 2. The van der Waals surface area contributed by atoms with Crippen LogP contribution in [0.15, 0.2) is 42.5 Å². The monoisotopic (exact) mass is 464 g/mol. The van der Waals surface area contributed by atoms with Crippen molar-refractivity contribution in [3.8, 4) is 11.5 Å². The highest BCUT2D eigenvalue weighted by molar-refractivity contribution is 5.96. The fourth-order valence-corrected chi connectivity index (χ4v) is 5.03. The van der Waals surface area contributed by atoms with Crippen LogP contribution in [0.5, 0.6) is 11.5 Å². The number of benzene rings is 2. The normalized spacial score (nSPS) is 19.4. The lowest BCUT2D eigenvalue weighted by Gasteiger charge is -2.44. The number of hydrogen-bond donors (Lipinski definition) is 0. The predicted octanol–water partition coefficient (Wildman–Crippen LogP) is 5.04.